The van der Waals surface area contributed by atoms with Gasteiger partial charge in [-0.1, -0.05) is 245 Å². The van der Waals surface area contributed by atoms with Gasteiger partial charge in [0.15, 0.2) is 0 Å². The highest BCUT2D eigenvalue weighted by molar-refractivity contribution is 7.96. The summed E-state index contributed by atoms with van der Waals surface area (Å²) in [7, 11) is 0. The molecule has 0 aliphatic heterocycles. The zero-order chi connectivity index (χ0) is 32.0. The fourth-order valence-electron chi connectivity index (χ4n) is 6.71. The number of hydrogen-bond acceptors (Lipinski definition) is 1. The molecule has 3 heteroatoms. The molecule has 0 aromatic heterocycles. The molecule has 44 heavy (non-hydrogen) atoms. The summed E-state index contributed by atoms with van der Waals surface area (Å²) in [5.74, 6) is 0. The summed E-state index contributed by atoms with van der Waals surface area (Å²) >= 11 is 4.16. The molecule has 2 nitrogen and oxygen atoms in total. The van der Waals surface area contributed by atoms with Crippen molar-refractivity contribution in [3.8, 4) is 0 Å². The lowest BCUT2D eigenvalue weighted by Crippen LogP contribution is -2.28. The molecule has 0 saturated heterocycles. The van der Waals surface area contributed by atoms with Crippen LogP contribution in [0.2, 0.25) is 0 Å². The lowest BCUT2D eigenvalue weighted by Gasteiger charge is -2.20. The first-order chi connectivity index (χ1) is 21.7. The first-order valence-corrected chi connectivity index (χ1v) is 21.1. The molecule has 0 rings (SSSR count). The Bertz CT molecular complexity index is 499. The van der Waals surface area contributed by atoms with E-state index in [0.717, 1.165) is 25.9 Å². The number of carbonyl (C=O) groups is 1. The van der Waals surface area contributed by atoms with E-state index in [2.05, 4.69) is 26.5 Å². The van der Waals surface area contributed by atoms with Gasteiger partial charge in [-0.2, -0.15) is 0 Å². The van der Waals surface area contributed by atoms with Gasteiger partial charge in [0.1, 0.15) is 0 Å². The summed E-state index contributed by atoms with van der Waals surface area (Å²) in [6, 6.07) is 0. The van der Waals surface area contributed by atoms with Crippen LogP contribution >= 0.6 is 12.6 Å². The van der Waals surface area contributed by atoms with Gasteiger partial charge in [-0.15, -0.1) is 0 Å². The fourth-order valence-corrected chi connectivity index (χ4v) is 6.91. The standard InChI is InChI=1S/C41H83NOS/c1-3-5-7-9-11-13-15-17-19-21-23-25-27-29-31-33-35-37-39-42(41(43)44)40-38-36-34-32-30-28-26-24-22-20-18-16-14-12-10-8-6-4-2/h3-40H2,1-2H3,(H,43,44). The number of unbranched alkanes of at least 4 members (excludes halogenated alkanes) is 34. The number of rotatable bonds is 38. The molecule has 0 radical (unpaired) electrons. The SMILES string of the molecule is CCCCCCCCCCCCCCCCCCCCN(CCCCCCCCCCCCCCCCCCCC)C(=O)S. The highest BCUT2D eigenvalue weighted by Gasteiger charge is 2.08. The van der Waals surface area contributed by atoms with E-state index in [1.54, 1.807) is 0 Å². The van der Waals surface area contributed by atoms with Gasteiger partial charge in [0.05, 0.1) is 0 Å². The van der Waals surface area contributed by atoms with Crippen molar-refractivity contribution in [2.24, 2.45) is 0 Å². The zero-order valence-electron chi connectivity index (χ0n) is 30.7. The Morgan fingerprint density at radius 3 is 0.636 bits per heavy atom. The molecular weight excluding hydrogens is 555 g/mol. The van der Waals surface area contributed by atoms with Crippen LogP contribution in [0.3, 0.4) is 0 Å². The monoisotopic (exact) mass is 638 g/mol. The minimum Gasteiger partial charge on any atom is -0.334 e. The Morgan fingerprint density at radius 2 is 0.477 bits per heavy atom. The van der Waals surface area contributed by atoms with Gasteiger partial charge < -0.3 is 4.90 Å². The normalized spacial score (nSPS) is 11.4. The van der Waals surface area contributed by atoms with Crippen LogP contribution in [0.1, 0.15) is 245 Å². The minimum absolute atomic E-state index is 0.0241. The van der Waals surface area contributed by atoms with Crippen LogP contribution in [0, 0.1) is 0 Å². The summed E-state index contributed by atoms with van der Waals surface area (Å²) in [5.41, 5.74) is 0. The van der Waals surface area contributed by atoms with Gasteiger partial charge >= 0.3 is 0 Å². The molecule has 0 saturated carbocycles. The quantitative estimate of drug-likeness (QED) is 0.0527. The summed E-state index contributed by atoms with van der Waals surface area (Å²) in [6.07, 6.45) is 50.4. The van der Waals surface area contributed by atoms with Crippen molar-refractivity contribution in [1.82, 2.24) is 4.90 Å². The first-order valence-electron chi connectivity index (χ1n) is 20.7. The van der Waals surface area contributed by atoms with Gasteiger partial charge in [-0.25, -0.2) is 0 Å². The molecule has 0 N–H and O–H groups in total. The summed E-state index contributed by atoms with van der Waals surface area (Å²) < 4.78 is 0. The maximum atomic E-state index is 12.0. The van der Waals surface area contributed by atoms with Crippen molar-refractivity contribution in [3.63, 3.8) is 0 Å². The van der Waals surface area contributed by atoms with E-state index in [1.807, 2.05) is 4.90 Å². The van der Waals surface area contributed by atoms with Crippen molar-refractivity contribution in [1.29, 1.82) is 0 Å². The summed E-state index contributed by atoms with van der Waals surface area (Å²) in [6.45, 7) is 6.40. The van der Waals surface area contributed by atoms with Crippen LogP contribution in [0.4, 0.5) is 4.79 Å². The molecule has 0 heterocycles. The average molecular weight is 638 g/mol. The van der Waals surface area contributed by atoms with E-state index in [9.17, 15) is 4.79 Å². The third-order valence-corrected chi connectivity index (χ3v) is 10.1. The summed E-state index contributed by atoms with van der Waals surface area (Å²) in [4.78, 5) is 13.9. The van der Waals surface area contributed by atoms with Crippen molar-refractivity contribution in [2.45, 2.75) is 245 Å². The zero-order valence-corrected chi connectivity index (χ0v) is 31.6. The molecule has 0 fully saturated rings. The van der Waals surface area contributed by atoms with E-state index in [1.165, 1.54) is 218 Å². The van der Waals surface area contributed by atoms with Crippen LogP contribution in [0.25, 0.3) is 0 Å². The highest BCUT2D eigenvalue weighted by Crippen LogP contribution is 2.16. The third-order valence-electron chi connectivity index (χ3n) is 9.83. The molecule has 0 spiro atoms. The van der Waals surface area contributed by atoms with E-state index in [0.29, 0.717) is 0 Å². The number of nitrogens with zero attached hydrogens (tertiary/aromatic N) is 1. The number of carbonyl (C=O) groups excluding carboxylic acids is 1. The van der Waals surface area contributed by atoms with Gasteiger partial charge in [-0.3, -0.25) is 4.79 Å². The minimum atomic E-state index is -0.0241. The molecule has 264 valence electrons. The van der Waals surface area contributed by atoms with Crippen molar-refractivity contribution in [2.75, 3.05) is 13.1 Å². The maximum absolute atomic E-state index is 12.0. The van der Waals surface area contributed by atoms with E-state index in [-0.39, 0.29) is 5.24 Å². The number of amides is 1. The Hall–Kier alpha value is -0.180. The van der Waals surface area contributed by atoms with Crippen LogP contribution in [-0.4, -0.2) is 23.2 Å². The molecule has 0 aromatic carbocycles. The van der Waals surface area contributed by atoms with Crippen LogP contribution in [0.15, 0.2) is 0 Å². The Balaban J connectivity index is 3.35. The predicted octanol–water partition coefficient (Wildman–Crippen LogP) is 15.4. The smallest absolute Gasteiger partial charge is 0.278 e. The second-order valence-corrected chi connectivity index (χ2v) is 14.7. The second kappa shape index (κ2) is 39.0. The molecule has 0 aliphatic rings. The second-order valence-electron chi connectivity index (χ2n) is 14.3. The van der Waals surface area contributed by atoms with Crippen LogP contribution in [-0.2, 0) is 0 Å². The molecule has 0 unspecified atom stereocenters. The van der Waals surface area contributed by atoms with Crippen LogP contribution < -0.4 is 0 Å². The van der Waals surface area contributed by atoms with E-state index >= 15 is 0 Å². The van der Waals surface area contributed by atoms with Crippen LogP contribution in [0.5, 0.6) is 0 Å². The van der Waals surface area contributed by atoms with Crippen molar-refractivity contribution < 1.29 is 4.79 Å². The van der Waals surface area contributed by atoms with Crippen molar-refractivity contribution >= 4 is 17.9 Å². The fraction of sp³-hybridized carbons (Fsp3) is 0.976. The van der Waals surface area contributed by atoms with E-state index < -0.39 is 0 Å². The molecule has 0 aromatic rings. The number of hydrogen-bond donors (Lipinski definition) is 1. The predicted molar refractivity (Wildman–Crippen MR) is 204 cm³/mol. The topological polar surface area (TPSA) is 20.3 Å². The lowest BCUT2D eigenvalue weighted by molar-refractivity contribution is 0.220. The maximum Gasteiger partial charge on any atom is 0.278 e. The Morgan fingerprint density at radius 1 is 0.318 bits per heavy atom. The lowest BCUT2D eigenvalue weighted by atomic mass is 10.0. The first kappa shape index (κ1) is 43.8. The van der Waals surface area contributed by atoms with Gasteiger partial charge in [0, 0.05) is 13.1 Å². The molecular formula is C41H83NOS. The largest absolute Gasteiger partial charge is 0.334 e. The summed E-state index contributed by atoms with van der Waals surface area (Å²) in [5, 5.41) is -0.0241. The van der Waals surface area contributed by atoms with E-state index in [4.69, 9.17) is 0 Å². The third kappa shape index (κ3) is 36.3. The Kier molecular flexibility index (Phi) is 38.8. The van der Waals surface area contributed by atoms with Gasteiger partial charge in [0.25, 0.3) is 5.24 Å². The average Bonchev–Trinajstić information content (AvgIpc) is 3.02. The Labute approximate surface area is 284 Å². The van der Waals surface area contributed by atoms with Crippen molar-refractivity contribution in [3.05, 3.63) is 0 Å². The number of thiol groups is 1. The molecule has 0 aliphatic carbocycles. The molecule has 1 amide bonds. The molecule has 0 atom stereocenters. The van der Waals surface area contributed by atoms with Gasteiger partial charge in [0.2, 0.25) is 0 Å². The van der Waals surface area contributed by atoms with Gasteiger partial charge in [-0.05, 0) is 12.8 Å². The highest BCUT2D eigenvalue weighted by atomic mass is 32.1. The molecule has 0 bridgehead atoms.